The first kappa shape index (κ1) is 40.7. The fraction of sp³-hybridized carbons (Fsp3) is 1.00. The van der Waals surface area contributed by atoms with Gasteiger partial charge in [0, 0.05) is 39.6 Å². The molecule has 2 unspecified atom stereocenters. The molecule has 2 atom stereocenters. The van der Waals surface area contributed by atoms with Gasteiger partial charge in [0.2, 0.25) is 0 Å². The van der Waals surface area contributed by atoms with Crippen LogP contribution >= 0.6 is 0 Å². The average molecular weight is 591 g/mol. The Labute approximate surface area is 255 Å². The van der Waals surface area contributed by atoms with Gasteiger partial charge in [0.15, 0.2) is 25.2 Å². The molecule has 7 nitrogen and oxygen atoms in total. The van der Waals surface area contributed by atoms with Gasteiger partial charge in [-0.2, -0.15) is 0 Å². The largest absolute Gasteiger partial charge is 0.353 e. The van der Waals surface area contributed by atoms with Crippen LogP contribution in [0.25, 0.3) is 0 Å². The minimum Gasteiger partial charge on any atom is -0.353 e. The molecule has 0 saturated carbocycles. The highest BCUT2D eigenvalue weighted by Gasteiger charge is 2.18. The van der Waals surface area contributed by atoms with Crippen LogP contribution in [0, 0.1) is 0 Å². The second kappa shape index (κ2) is 32.6. The molecule has 0 N–H and O–H groups in total. The molecule has 0 radical (unpaired) electrons. The van der Waals surface area contributed by atoms with Crippen LogP contribution in [-0.4, -0.2) is 64.8 Å². The molecule has 0 spiro atoms. The third kappa shape index (κ3) is 27.0. The van der Waals surface area contributed by atoms with Crippen molar-refractivity contribution in [2.75, 3.05) is 39.6 Å². The van der Waals surface area contributed by atoms with E-state index in [1.165, 1.54) is 12.8 Å². The van der Waals surface area contributed by atoms with Gasteiger partial charge in [-0.3, -0.25) is 0 Å². The Balaban J connectivity index is 4.44. The Morgan fingerprint density at radius 2 is 0.512 bits per heavy atom. The number of ether oxygens (including phenoxy) is 7. The third-order valence-electron chi connectivity index (χ3n) is 6.61. The maximum absolute atomic E-state index is 6.40. The summed E-state index contributed by atoms with van der Waals surface area (Å²) in [5.74, 6) is 0. The number of hydrogen-bond donors (Lipinski definition) is 0. The maximum Gasteiger partial charge on any atom is 0.160 e. The molecule has 0 rings (SSSR count). The predicted molar refractivity (Wildman–Crippen MR) is 169 cm³/mol. The molecule has 0 amide bonds. The summed E-state index contributed by atoms with van der Waals surface area (Å²) in [6.45, 7) is 17.4. The first-order valence-corrected chi connectivity index (χ1v) is 17.5. The zero-order valence-corrected chi connectivity index (χ0v) is 28.1. The molecule has 41 heavy (non-hydrogen) atoms. The molecule has 7 heteroatoms. The van der Waals surface area contributed by atoms with Crippen molar-refractivity contribution >= 4 is 0 Å². The summed E-state index contributed by atoms with van der Waals surface area (Å²) in [6.07, 6.45) is 18.4. The molecule has 0 saturated heterocycles. The van der Waals surface area contributed by atoms with Crippen LogP contribution in [0.5, 0.6) is 0 Å². The summed E-state index contributed by atoms with van der Waals surface area (Å²) in [5.41, 5.74) is 0. The Morgan fingerprint density at radius 1 is 0.293 bits per heavy atom. The van der Waals surface area contributed by atoms with Crippen LogP contribution in [0.1, 0.15) is 157 Å². The normalized spacial score (nSPS) is 13.5. The molecule has 0 bridgehead atoms. The van der Waals surface area contributed by atoms with Crippen molar-refractivity contribution in [1.82, 2.24) is 0 Å². The van der Waals surface area contributed by atoms with Gasteiger partial charge in [-0.05, 0) is 89.9 Å². The lowest BCUT2D eigenvalue weighted by molar-refractivity contribution is -0.249. The summed E-state index contributed by atoms with van der Waals surface area (Å²) in [6, 6.07) is 0. The molecular weight excluding hydrogens is 520 g/mol. The molecule has 0 aliphatic rings. The number of unbranched alkanes of at least 4 members (excludes halogenated alkanes) is 6. The SMILES string of the molecule is CCCOC(CCCCCCC(OCCC)OC(CCCCCCC(OCCC)OCCC)OCCC)OCCC. The molecule has 0 heterocycles. The fourth-order valence-corrected chi connectivity index (χ4v) is 4.43. The highest BCUT2D eigenvalue weighted by molar-refractivity contribution is 4.57. The van der Waals surface area contributed by atoms with Gasteiger partial charge in [0.05, 0.1) is 0 Å². The van der Waals surface area contributed by atoms with E-state index in [1.807, 2.05) is 0 Å². The van der Waals surface area contributed by atoms with Gasteiger partial charge in [-0.25, -0.2) is 0 Å². The molecule has 0 aromatic carbocycles. The Bertz CT molecular complexity index is 436. The van der Waals surface area contributed by atoms with Crippen LogP contribution in [0.4, 0.5) is 0 Å². The second-order valence-electron chi connectivity index (χ2n) is 11.1. The van der Waals surface area contributed by atoms with E-state index in [-0.39, 0.29) is 25.2 Å². The predicted octanol–water partition coefficient (Wildman–Crippen LogP) is 9.55. The van der Waals surface area contributed by atoms with E-state index in [0.29, 0.717) is 0 Å². The summed E-state index contributed by atoms with van der Waals surface area (Å²) in [4.78, 5) is 0. The molecule has 0 fully saturated rings. The lowest BCUT2D eigenvalue weighted by Crippen LogP contribution is -2.28. The standard InChI is InChI=1S/C34H70O7/c1-7-25-35-31(36-26-8-2)21-17-13-15-19-23-33(39-29-11-5)41-34(40-30-12-6)24-20-16-14-18-22-32(37-27-9-3)38-28-10-4/h31-34H,7-30H2,1-6H3. The van der Waals surface area contributed by atoms with Crippen molar-refractivity contribution in [3.63, 3.8) is 0 Å². The minimum atomic E-state index is -0.197. The van der Waals surface area contributed by atoms with Crippen molar-refractivity contribution in [2.24, 2.45) is 0 Å². The number of hydrogen-bond acceptors (Lipinski definition) is 7. The minimum absolute atomic E-state index is 0.0550. The summed E-state index contributed by atoms with van der Waals surface area (Å²) < 4.78 is 42.1. The lowest BCUT2D eigenvalue weighted by Gasteiger charge is -2.25. The van der Waals surface area contributed by atoms with Crippen molar-refractivity contribution in [2.45, 2.75) is 182 Å². The highest BCUT2D eigenvalue weighted by Crippen LogP contribution is 2.19. The number of rotatable bonds is 34. The first-order chi connectivity index (χ1) is 20.1. The summed E-state index contributed by atoms with van der Waals surface area (Å²) in [7, 11) is 0. The molecule has 0 aliphatic carbocycles. The van der Waals surface area contributed by atoms with Crippen LogP contribution in [0.2, 0.25) is 0 Å². The van der Waals surface area contributed by atoms with Crippen molar-refractivity contribution < 1.29 is 33.2 Å². The van der Waals surface area contributed by atoms with Crippen LogP contribution < -0.4 is 0 Å². The molecular formula is C34H70O7. The quantitative estimate of drug-likeness (QED) is 0.0546. The lowest BCUT2D eigenvalue weighted by atomic mass is 10.1. The topological polar surface area (TPSA) is 64.6 Å². The van der Waals surface area contributed by atoms with E-state index in [4.69, 9.17) is 33.2 Å². The van der Waals surface area contributed by atoms with Crippen LogP contribution in [-0.2, 0) is 33.2 Å². The highest BCUT2D eigenvalue weighted by atomic mass is 16.8. The summed E-state index contributed by atoms with van der Waals surface area (Å²) in [5, 5.41) is 0. The van der Waals surface area contributed by atoms with Crippen molar-refractivity contribution in [3.8, 4) is 0 Å². The van der Waals surface area contributed by atoms with E-state index in [2.05, 4.69) is 41.5 Å². The van der Waals surface area contributed by atoms with E-state index in [1.54, 1.807) is 0 Å². The van der Waals surface area contributed by atoms with Gasteiger partial charge < -0.3 is 33.2 Å². The second-order valence-corrected chi connectivity index (χ2v) is 11.1. The Kier molecular flexibility index (Phi) is 32.4. The fourth-order valence-electron chi connectivity index (χ4n) is 4.43. The first-order valence-electron chi connectivity index (χ1n) is 17.5. The van der Waals surface area contributed by atoms with E-state index in [9.17, 15) is 0 Å². The van der Waals surface area contributed by atoms with Crippen LogP contribution in [0.15, 0.2) is 0 Å². The van der Waals surface area contributed by atoms with E-state index < -0.39 is 0 Å². The maximum atomic E-state index is 6.40. The zero-order chi connectivity index (χ0) is 30.2. The van der Waals surface area contributed by atoms with Gasteiger partial charge in [-0.15, -0.1) is 0 Å². The van der Waals surface area contributed by atoms with Gasteiger partial charge >= 0.3 is 0 Å². The van der Waals surface area contributed by atoms with E-state index in [0.717, 1.165) is 142 Å². The van der Waals surface area contributed by atoms with Gasteiger partial charge in [0.25, 0.3) is 0 Å². The van der Waals surface area contributed by atoms with Gasteiger partial charge in [0.1, 0.15) is 0 Å². The zero-order valence-electron chi connectivity index (χ0n) is 28.1. The average Bonchev–Trinajstić information content (AvgIpc) is 2.99. The smallest absolute Gasteiger partial charge is 0.160 e. The molecule has 0 aromatic rings. The van der Waals surface area contributed by atoms with Crippen molar-refractivity contribution in [3.05, 3.63) is 0 Å². The van der Waals surface area contributed by atoms with Gasteiger partial charge in [-0.1, -0.05) is 67.2 Å². The van der Waals surface area contributed by atoms with E-state index >= 15 is 0 Å². The molecule has 248 valence electrons. The Hall–Kier alpha value is -0.280. The third-order valence-corrected chi connectivity index (χ3v) is 6.61. The molecule has 0 aromatic heterocycles. The van der Waals surface area contributed by atoms with Crippen molar-refractivity contribution in [1.29, 1.82) is 0 Å². The van der Waals surface area contributed by atoms with Crippen LogP contribution in [0.3, 0.4) is 0 Å². The monoisotopic (exact) mass is 591 g/mol. The molecule has 0 aliphatic heterocycles. The summed E-state index contributed by atoms with van der Waals surface area (Å²) >= 11 is 0. The Morgan fingerprint density at radius 3 is 0.756 bits per heavy atom.